The van der Waals surface area contributed by atoms with E-state index in [-0.39, 0.29) is 10.7 Å². The van der Waals surface area contributed by atoms with Crippen LogP contribution >= 0.6 is 11.5 Å². The van der Waals surface area contributed by atoms with Crippen molar-refractivity contribution in [2.24, 2.45) is 17.3 Å². The van der Waals surface area contributed by atoms with Gasteiger partial charge in [0, 0.05) is 24.2 Å². The highest BCUT2D eigenvalue weighted by Gasteiger charge is 2.14. The molecule has 0 aliphatic carbocycles. The summed E-state index contributed by atoms with van der Waals surface area (Å²) in [5.41, 5.74) is 5.76. The zero-order valence-corrected chi connectivity index (χ0v) is 16.6. The van der Waals surface area contributed by atoms with E-state index in [2.05, 4.69) is 40.4 Å². The van der Waals surface area contributed by atoms with Gasteiger partial charge in [0.05, 0.1) is 24.5 Å². The average molecular weight is 419 g/mol. The summed E-state index contributed by atoms with van der Waals surface area (Å²) in [4.78, 5) is 32.5. The minimum absolute atomic E-state index is 0.00292. The van der Waals surface area contributed by atoms with Crippen LogP contribution in [0.1, 0.15) is 5.69 Å². The Kier molecular flexibility index (Phi) is 4.87. The van der Waals surface area contributed by atoms with Crippen LogP contribution in [0.5, 0.6) is 0 Å². The maximum Gasteiger partial charge on any atom is 0.237 e. The molecular formula is C18H13N9O2S. The Morgan fingerprint density at radius 2 is 2.03 bits per heavy atom. The lowest BCUT2D eigenvalue weighted by molar-refractivity contribution is 0.770. The van der Waals surface area contributed by atoms with E-state index < -0.39 is 10.9 Å². The van der Waals surface area contributed by atoms with Crippen LogP contribution in [0.3, 0.4) is 0 Å². The van der Waals surface area contributed by atoms with Crippen molar-refractivity contribution < 1.29 is 0 Å². The molecule has 1 aromatic carbocycles. The quantitative estimate of drug-likeness (QED) is 0.368. The molecule has 0 atom stereocenters. The van der Waals surface area contributed by atoms with Gasteiger partial charge in [0.25, 0.3) is 0 Å². The van der Waals surface area contributed by atoms with Gasteiger partial charge in [0.2, 0.25) is 16.5 Å². The van der Waals surface area contributed by atoms with Gasteiger partial charge in [-0.2, -0.15) is 19.7 Å². The van der Waals surface area contributed by atoms with Crippen molar-refractivity contribution in [1.29, 1.82) is 0 Å². The fourth-order valence-electron chi connectivity index (χ4n) is 2.68. The molecule has 0 aliphatic rings. The summed E-state index contributed by atoms with van der Waals surface area (Å²) >= 11 is 1.10. The predicted molar refractivity (Wildman–Crippen MR) is 111 cm³/mol. The fraction of sp³-hybridized carbons (Fsp3) is 0.111. The van der Waals surface area contributed by atoms with Crippen LogP contribution in [0.25, 0.3) is 15.7 Å². The topological polar surface area (TPSA) is 131 Å². The summed E-state index contributed by atoms with van der Waals surface area (Å²) in [7, 11) is 1.69. The van der Waals surface area contributed by atoms with Crippen LogP contribution in [0.4, 0.5) is 16.5 Å². The number of nitrogens with zero attached hydrogens (tertiary/aromatic N) is 7. The van der Waals surface area contributed by atoms with Gasteiger partial charge in [-0.3, -0.25) is 30.1 Å². The van der Waals surface area contributed by atoms with E-state index in [1.165, 1.54) is 16.8 Å². The lowest BCUT2D eigenvalue weighted by Gasteiger charge is -2.00. The molecule has 0 aliphatic heterocycles. The highest BCUT2D eigenvalue weighted by Crippen LogP contribution is 2.36. The number of fused-ring (bicyclic) bond motifs is 1. The molecule has 0 radical (unpaired) electrons. The van der Waals surface area contributed by atoms with Gasteiger partial charge in [-0.15, -0.1) is 0 Å². The lowest BCUT2D eigenvalue weighted by Crippen LogP contribution is -2.48. The zero-order valence-electron chi connectivity index (χ0n) is 15.7. The SMILES string of the molecule is [C-]#[N+]c1c(C)ncc2nsc(N/N=c3\ccc(=O)/c(=N\Nc4ccnn4C)c3=O)c12. The van der Waals surface area contributed by atoms with E-state index >= 15 is 0 Å². The second-order valence-electron chi connectivity index (χ2n) is 6.12. The number of hydrogen-bond donors (Lipinski definition) is 2. The Labute approximate surface area is 172 Å². The number of pyridine rings is 1. The standard InChI is InChI=1S/C18H13N9O2S/c1-9-15(19-2)14-11(8-20-9)26-30-18(14)25-22-10-4-5-12(28)16(17(10)29)24-23-13-6-7-21-27(13)3/h4-8,23,25H,1,3H3/b22-10+,24-16+. The summed E-state index contributed by atoms with van der Waals surface area (Å²) < 4.78 is 5.76. The minimum atomic E-state index is -0.637. The highest BCUT2D eigenvalue weighted by molar-refractivity contribution is 7.11. The van der Waals surface area contributed by atoms with Crippen molar-refractivity contribution in [2.75, 3.05) is 10.9 Å². The monoisotopic (exact) mass is 419 g/mol. The second kappa shape index (κ2) is 7.64. The van der Waals surface area contributed by atoms with Crippen LogP contribution in [0, 0.1) is 13.5 Å². The molecule has 4 rings (SSSR count). The van der Waals surface area contributed by atoms with E-state index in [0.717, 1.165) is 11.5 Å². The second-order valence-corrected chi connectivity index (χ2v) is 6.90. The number of rotatable bonds is 4. The van der Waals surface area contributed by atoms with Gasteiger partial charge in [0.15, 0.2) is 5.36 Å². The number of aromatic nitrogens is 4. The molecule has 0 fully saturated rings. The van der Waals surface area contributed by atoms with Crippen molar-refractivity contribution >= 4 is 38.9 Å². The van der Waals surface area contributed by atoms with E-state index in [1.807, 2.05) is 0 Å². The summed E-state index contributed by atoms with van der Waals surface area (Å²) in [5.74, 6) is 0.515. The molecule has 148 valence electrons. The van der Waals surface area contributed by atoms with Gasteiger partial charge in [-0.05, 0) is 30.6 Å². The Morgan fingerprint density at radius 3 is 2.77 bits per heavy atom. The first kappa shape index (κ1) is 19.1. The molecule has 12 heteroatoms. The maximum absolute atomic E-state index is 12.7. The van der Waals surface area contributed by atoms with Gasteiger partial charge in [-0.1, -0.05) is 0 Å². The number of nitrogens with one attached hydrogen (secondary N) is 2. The minimum Gasteiger partial charge on any atom is -0.287 e. The molecule has 0 unspecified atom stereocenters. The summed E-state index contributed by atoms with van der Waals surface area (Å²) in [5, 5.41) is 12.8. The Morgan fingerprint density at radius 1 is 1.20 bits per heavy atom. The predicted octanol–water partition coefficient (Wildman–Crippen LogP) is 0.736. The smallest absolute Gasteiger partial charge is 0.237 e. The molecule has 3 aromatic heterocycles. The van der Waals surface area contributed by atoms with E-state index in [0.29, 0.717) is 33.1 Å². The first-order valence-electron chi connectivity index (χ1n) is 8.54. The van der Waals surface area contributed by atoms with Crippen LogP contribution in [0.2, 0.25) is 0 Å². The van der Waals surface area contributed by atoms with Crippen molar-refractivity contribution in [1.82, 2.24) is 19.1 Å². The molecule has 0 saturated carbocycles. The molecule has 4 aromatic rings. The number of hydrogen-bond acceptors (Lipinski definition) is 10. The van der Waals surface area contributed by atoms with Crippen LogP contribution in [-0.4, -0.2) is 19.1 Å². The Bertz CT molecular complexity index is 1530. The van der Waals surface area contributed by atoms with Gasteiger partial charge in [-0.25, -0.2) is 4.85 Å². The molecule has 11 nitrogen and oxygen atoms in total. The first-order chi connectivity index (χ1) is 14.5. The Hall–Kier alpha value is -4.24. The third kappa shape index (κ3) is 3.33. The molecule has 2 N–H and O–H groups in total. The summed E-state index contributed by atoms with van der Waals surface area (Å²) in [6, 6.07) is 4.18. The lowest BCUT2D eigenvalue weighted by atomic mass is 10.2. The van der Waals surface area contributed by atoms with Crippen molar-refractivity contribution in [3.63, 3.8) is 0 Å². The van der Waals surface area contributed by atoms with Crippen LogP contribution < -0.4 is 32.4 Å². The fourth-order valence-corrected chi connectivity index (χ4v) is 3.38. The zero-order chi connectivity index (χ0) is 21.3. The van der Waals surface area contributed by atoms with Crippen LogP contribution in [-0.2, 0) is 7.05 Å². The highest BCUT2D eigenvalue weighted by atomic mass is 32.1. The molecule has 30 heavy (non-hydrogen) atoms. The first-order valence-corrected chi connectivity index (χ1v) is 9.32. The van der Waals surface area contributed by atoms with Gasteiger partial charge < -0.3 is 0 Å². The molecular weight excluding hydrogens is 406 g/mol. The van der Waals surface area contributed by atoms with Gasteiger partial charge >= 0.3 is 0 Å². The van der Waals surface area contributed by atoms with Crippen molar-refractivity contribution in [3.05, 3.63) is 78.9 Å². The van der Waals surface area contributed by atoms with Crippen molar-refractivity contribution in [3.8, 4) is 0 Å². The molecule has 0 amide bonds. The third-order valence-electron chi connectivity index (χ3n) is 4.25. The molecule has 0 spiro atoms. The van der Waals surface area contributed by atoms with E-state index in [9.17, 15) is 9.59 Å². The number of anilines is 2. The molecule has 3 heterocycles. The Balaban J connectivity index is 1.76. The number of aryl methyl sites for hydroxylation is 2. The third-order valence-corrected chi connectivity index (χ3v) is 5.01. The molecule has 0 bridgehead atoms. The van der Waals surface area contributed by atoms with E-state index in [1.54, 1.807) is 32.4 Å². The van der Waals surface area contributed by atoms with E-state index in [4.69, 9.17) is 6.57 Å². The summed E-state index contributed by atoms with van der Waals surface area (Å²) in [6.45, 7) is 9.13. The van der Waals surface area contributed by atoms with Crippen LogP contribution in [0.15, 0.2) is 50.4 Å². The normalized spacial score (nSPS) is 12.3. The average Bonchev–Trinajstić information content (AvgIpc) is 3.33. The molecule has 0 saturated heterocycles. The van der Waals surface area contributed by atoms with Gasteiger partial charge in [0.1, 0.15) is 16.2 Å². The van der Waals surface area contributed by atoms with Crippen molar-refractivity contribution in [2.45, 2.75) is 6.92 Å². The summed E-state index contributed by atoms with van der Waals surface area (Å²) in [6.07, 6.45) is 3.13. The maximum atomic E-state index is 12.7. The number of benzene rings is 1. The largest absolute Gasteiger partial charge is 0.287 e.